The van der Waals surface area contributed by atoms with Crippen molar-refractivity contribution in [2.45, 2.75) is 39.2 Å². The molecule has 0 aliphatic heterocycles. The smallest absolute Gasteiger partial charge is 0.428 e. The van der Waals surface area contributed by atoms with E-state index in [0.717, 1.165) is 27.9 Å². The Bertz CT molecular complexity index is 1240. The fourth-order valence-electron chi connectivity index (χ4n) is 4.32. The molecule has 0 radical (unpaired) electrons. The summed E-state index contributed by atoms with van der Waals surface area (Å²) in [5.74, 6) is -0.137. The topological polar surface area (TPSA) is 60.5 Å². The minimum absolute atomic E-state index is 0.137. The molecule has 0 unspecified atom stereocenters. The van der Waals surface area contributed by atoms with E-state index in [1.165, 1.54) is 10.8 Å². The zero-order chi connectivity index (χ0) is 23.0. The molecule has 0 saturated heterocycles. The van der Waals surface area contributed by atoms with Crippen LogP contribution in [0.3, 0.4) is 0 Å². The average Bonchev–Trinajstić information content (AvgIpc) is 3.24. The Labute approximate surface area is 188 Å². The van der Waals surface area contributed by atoms with Gasteiger partial charge in [0.05, 0.1) is 5.92 Å². The summed E-state index contributed by atoms with van der Waals surface area (Å²) in [4.78, 5) is 12.2. The van der Waals surface area contributed by atoms with Gasteiger partial charge in [-0.05, 0) is 51.0 Å². The van der Waals surface area contributed by atoms with E-state index in [4.69, 9.17) is 4.74 Å². The van der Waals surface area contributed by atoms with Gasteiger partial charge in [0.15, 0.2) is 0 Å². The van der Waals surface area contributed by atoms with Gasteiger partial charge in [0.2, 0.25) is 0 Å². The number of fused-ring (bicyclic) bond motifs is 2. The number of benzene rings is 2. The van der Waals surface area contributed by atoms with Crippen molar-refractivity contribution < 1.29 is 9.53 Å². The number of nitrogens with one attached hydrogen (secondary N) is 1. The highest BCUT2D eigenvalue weighted by molar-refractivity contribution is 6.01. The molecule has 6 heteroatoms. The van der Waals surface area contributed by atoms with Gasteiger partial charge in [-0.15, -0.1) is 0 Å². The molecule has 32 heavy (non-hydrogen) atoms. The summed E-state index contributed by atoms with van der Waals surface area (Å²) in [6, 6.07) is 16.7. The van der Waals surface area contributed by atoms with E-state index in [-0.39, 0.29) is 5.92 Å². The number of carbonyl (C=O) groups excluding carboxylic acids is 1. The second kappa shape index (κ2) is 8.19. The number of aryl methyl sites for hydroxylation is 2. The van der Waals surface area contributed by atoms with Crippen molar-refractivity contribution in [3.63, 3.8) is 0 Å². The average molecular weight is 431 g/mol. The quantitative estimate of drug-likeness (QED) is 0.333. The van der Waals surface area contributed by atoms with Gasteiger partial charge in [-0.25, -0.2) is 10.2 Å². The standard InChI is InChI=1S/C26H30N4O2/c1-17(27-28-25(31)32-26(2,3)4)24(20-15-29(5)22-13-9-7-11-18(20)22)21-16-30(6)23-14-10-8-12-19(21)23/h7-16,24H,1-6H3,(H,28,31)/b27-17+. The molecule has 0 saturated carbocycles. The number of carbonyl (C=O) groups is 1. The van der Waals surface area contributed by atoms with Crippen molar-refractivity contribution in [2.24, 2.45) is 19.2 Å². The summed E-state index contributed by atoms with van der Waals surface area (Å²) in [6.45, 7) is 7.44. The fraction of sp³-hybridized carbons (Fsp3) is 0.308. The molecule has 2 aromatic heterocycles. The Morgan fingerprint density at radius 2 is 1.38 bits per heavy atom. The van der Waals surface area contributed by atoms with Crippen LogP contribution in [0.15, 0.2) is 66.0 Å². The molecular weight excluding hydrogens is 400 g/mol. The van der Waals surface area contributed by atoms with Gasteiger partial charge in [-0.1, -0.05) is 36.4 Å². The number of hydrogen-bond acceptors (Lipinski definition) is 3. The molecule has 4 aromatic rings. The summed E-state index contributed by atoms with van der Waals surface area (Å²) in [5, 5.41) is 6.80. The van der Waals surface area contributed by atoms with Gasteiger partial charge in [0, 0.05) is 54.0 Å². The Hall–Kier alpha value is -3.54. The summed E-state index contributed by atoms with van der Waals surface area (Å²) < 4.78 is 9.64. The second-order valence-corrected chi connectivity index (χ2v) is 9.22. The minimum Gasteiger partial charge on any atom is -0.443 e. The van der Waals surface area contributed by atoms with E-state index in [2.05, 4.69) is 82.5 Å². The van der Waals surface area contributed by atoms with E-state index in [1.807, 2.05) is 39.8 Å². The maximum absolute atomic E-state index is 12.2. The molecule has 0 bridgehead atoms. The van der Waals surface area contributed by atoms with Gasteiger partial charge in [-0.3, -0.25) is 0 Å². The largest absolute Gasteiger partial charge is 0.443 e. The zero-order valence-corrected chi connectivity index (χ0v) is 19.5. The molecule has 1 amide bonds. The van der Waals surface area contributed by atoms with Crippen molar-refractivity contribution in [3.8, 4) is 0 Å². The van der Waals surface area contributed by atoms with Crippen molar-refractivity contribution >= 4 is 33.6 Å². The number of hydrazone groups is 1. The number of amides is 1. The molecule has 0 atom stereocenters. The first-order chi connectivity index (χ1) is 15.2. The molecule has 0 aliphatic rings. The highest BCUT2D eigenvalue weighted by Gasteiger charge is 2.26. The molecule has 2 aromatic carbocycles. The predicted molar refractivity (Wildman–Crippen MR) is 130 cm³/mol. The Balaban J connectivity index is 1.85. The molecule has 4 rings (SSSR count). The number of hydrogen-bond donors (Lipinski definition) is 1. The summed E-state index contributed by atoms with van der Waals surface area (Å²) in [5.41, 5.74) is 7.37. The third-order valence-electron chi connectivity index (χ3n) is 5.62. The van der Waals surface area contributed by atoms with Gasteiger partial charge in [0.1, 0.15) is 5.60 Å². The molecule has 0 spiro atoms. The number of ether oxygens (including phenoxy) is 1. The summed E-state index contributed by atoms with van der Waals surface area (Å²) in [6.07, 6.45) is 3.75. The number of nitrogens with zero attached hydrogens (tertiary/aromatic N) is 3. The van der Waals surface area contributed by atoms with Crippen LogP contribution in [0.4, 0.5) is 4.79 Å². The lowest BCUT2D eigenvalue weighted by Crippen LogP contribution is -2.30. The molecule has 166 valence electrons. The van der Waals surface area contributed by atoms with Crippen LogP contribution < -0.4 is 5.43 Å². The first kappa shape index (κ1) is 21.7. The van der Waals surface area contributed by atoms with Crippen LogP contribution in [-0.2, 0) is 18.8 Å². The third-order valence-corrected chi connectivity index (χ3v) is 5.62. The van der Waals surface area contributed by atoms with Crippen molar-refractivity contribution in [1.29, 1.82) is 0 Å². The van der Waals surface area contributed by atoms with E-state index >= 15 is 0 Å². The van der Waals surface area contributed by atoms with Gasteiger partial charge in [-0.2, -0.15) is 5.10 Å². The zero-order valence-electron chi connectivity index (χ0n) is 19.5. The molecule has 6 nitrogen and oxygen atoms in total. The van der Waals surface area contributed by atoms with Crippen LogP contribution in [0.25, 0.3) is 21.8 Å². The molecular formula is C26H30N4O2. The number of aromatic nitrogens is 2. The summed E-state index contributed by atoms with van der Waals surface area (Å²) >= 11 is 0. The molecule has 0 fully saturated rings. The van der Waals surface area contributed by atoms with Crippen LogP contribution in [0, 0.1) is 0 Å². The first-order valence-corrected chi connectivity index (χ1v) is 10.8. The lowest BCUT2D eigenvalue weighted by atomic mass is 9.87. The SMILES string of the molecule is C/C(=N\NC(=O)OC(C)(C)C)C(c1cn(C)c2ccccc12)c1cn(C)c2ccccc12. The second-order valence-electron chi connectivity index (χ2n) is 9.22. The maximum atomic E-state index is 12.2. The molecule has 1 N–H and O–H groups in total. The lowest BCUT2D eigenvalue weighted by Gasteiger charge is -2.20. The van der Waals surface area contributed by atoms with Crippen LogP contribution in [0.2, 0.25) is 0 Å². The monoisotopic (exact) mass is 430 g/mol. The lowest BCUT2D eigenvalue weighted by molar-refractivity contribution is 0.0529. The van der Waals surface area contributed by atoms with Gasteiger partial charge >= 0.3 is 6.09 Å². The van der Waals surface area contributed by atoms with Gasteiger partial charge in [0.25, 0.3) is 0 Å². The number of rotatable bonds is 4. The van der Waals surface area contributed by atoms with Crippen molar-refractivity contribution in [1.82, 2.24) is 14.6 Å². The fourth-order valence-corrected chi connectivity index (χ4v) is 4.32. The van der Waals surface area contributed by atoms with Gasteiger partial charge < -0.3 is 13.9 Å². The van der Waals surface area contributed by atoms with E-state index in [9.17, 15) is 4.79 Å². The highest BCUT2D eigenvalue weighted by atomic mass is 16.6. The predicted octanol–water partition coefficient (Wildman–Crippen LogP) is 5.70. The summed E-state index contributed by atoms with van der Waals surface area (Å²) in [7, 11) is 4.11. The number of para-hydroxylation sites is 2. The van der Waals surface area contributed by atoms with E-state index < -0.39 is 11.7 Å². The van der Waals surface area contributed by atoms with Crippen LogP contribution in [0.5, 0.6) is 0 Å². The van der Waals surface area contributed by atoms with E-state index in [1.54, 1.807) is 0 Å². The third kappa shape index (κ3) is 4.13. The van der Waals surface area contributed by atoms with Crippen LogP contribution in [-0.4, -0.2) is 26.5 Å². The normalized spacial score (nSPS) is 12.7. The van der Waals surface area contributed by atoms with Crippen LogP contribution in [0.1, 0.15) is 44.7 Å². The minimum atomic E-state index is -0.585. The first-order valence-electron chi connectivity index (χ1n) is 10.8. The van der Waals surface area contributed by atoms with Crippen molar-refractivity contribution in [2.75, 3.05) is 0 Å². The Kier molecular flexibility index (Phi) is 5.55. The molecule has 0 aliphatic carbocycles. The Morgan fingerprint density at radius 1 is 0.906 bits per heavy atom. The van der Waals surface area contributed by atoms with E-state index in [0.29, 0.717) is 0 Å². The highest BCUT2D eigenvalue weighted by Crippen LogP contribution is 2.37. The van der Waals surface area contributed by atoms with Crippen LogP contribution >= 0.6 is 0 Å². The Morgan fingerprint density at radius 3 is 1.84 bits per heavy atom. The molecule has 2 heterocycles. The maximum Gasteiger partial charge on any atom is 0.428 e. The van der Waals surface area contributed by atoms with Crippen molar-refractivity contribution in [3.05, 3.63) is 72.1 Å².